The highest BCUT2D eigenvalue weighted by Gasteiger charge is 2.47. The molecule has 0 saturated carbocycles. The molecule has 3 saturated heterocycles. The summed E-state index contributed by atoms with van der Waals surface area (Å²) >= 11 is 0. The number of aromatic nitrogens is 1. The molecule has 7 heteroatoms. The number of rotatable bonds is 4. The molecule has 4 heterocycles. The molecule has 1 unspecified atom stereocenters. The van der Waals surface area contributed by atoms with Gasteiger partial charge in [0.25, 0.3) is 5.91 Å². The van der Waals surface area contributed by atoms with Crippen LogP contribution in [-0.4, -0.2) is 58.6 Å². The molecule has 1 atom stereocenters. The Kier molecular flexibility index (Phi) is 4.10. The van der Waals surface area contributed by atoms with Crippen LogP contribution in [-0.2, 0) is 16.1 Å². The Hall–Kier alpha value is -2.15. The second-order valence-corrected chi connectivity index (χ2v) is 6.49. The quantitative estimate of drug-likeness (QED) is 0.783. The van der Waals surface area contributed by atoms with Gasteiger partial charge in [0, 0.05) is 31.6 Å². The molecular formula is C17H21N3O4. The Balaban J connectivity index is 1.44. The van der Waals surface area contributed by atoms with Crippen molar-refractivity contribution < 1.29 is 19.1 Å². The molecule has 0 aliphatic carbocycles. The van der Waals surface area contributed by atoms with Gasteiger partial charge in [-0.05, 0) is 24.5 Å². The van der Waals surface area contributed by atoms with Crippen molar-refractivity contribution in [2.45, 2.75) is 44.4 Å². The van der Waals surface area contributed by atoms with Crippen molar-refractivity contribution in [2.75, 3.05) is 19.8 Å². The molecule has 3 aliphatic rings. The number of hydrogen-bond donors (Lipinski definition) is 0. The van der Waals surface area contributed by atoms with Crippen LogP contribution in [0.1, 0.15) is 31.2 Å². The van der Waals surface area contributed by atoms with Gasteiger partial charge in [0.15, 0.2) is 0 Å². The molecule has 0 N–H and O–H groups in total. The van der Waals surface area contributed by atoms with E-state index in [0.717, 1.165) is 31.2 Å². The molecule has 0 bridgehead atoms. The summed E-state index contributed by atoms with van der Waals surface area (Å²) in [6.45, 7) is 2.37. The largest absolute Gasteiger partial charge is 0.474 e. The van der Waals surface area contributed by atoms with Crippen molar-refractivity contribution in [2.24, 2.45) is 0 Å². The van der Waals surface area contributed by atoms with Crippen molar-refractivity contribution in [3.8, 4) is 5.88 Å². The van der Waals surface area contributed by atoms with Crippen LogP contribution in [0.2, 0.25) is 0 Å². The van der Waals surface area contributed by atoms with Crippen LogP contribution < -0.4 is 4.74 Å². The van der Waals surface area contributed by atoms with Crippen LogP contribution in [0.5, 0.6) is 5.88 Å². The molecule has 3 amide bonds. The van der Waals surface area contributed by atoms with Gasteiger partial charge in [-0.3, -0.25) is 9.69 Å². The van der Waals surface area contributed by atoms with E-state index in [0.29, 0.717) is 25.6 Å². The first kappa shape index (κ1) is 15.4. The maximum atomic E-state index is 12.4. The molecule has 0 aromatic carbocycles. The summed E-state index contributed by atoms with van der Waals surface area (Å²) in [7, 11) is 0. The minimum atomic E-state index is -0.253. The van der Waals surface area contributed by atoms with Gasteiger partial charge in [0.2, 0.25) is 5.88 Å². The number of carbonyl (C=O) groups is 2. The molecule has 0 radical (unpaired) electrons. The smallest absolute Gasteiger partial charge is 0.327 e. The van der Waals surface area contributed by atoms with Gasteiger partial charge < -0.3 is 14.4 Å². The van der Waals surface area contributed by atoms with E-state index in [1.165, 1.54) is 4.90 Å². The van der Waals surface area contributed by atoms with E-state index < -0.39 is 0 Å². The fourth-order valence-electron chi connectivity index (χ4n) is 3.59. The fraction of sp³-hybridized carbons (Fsp3) is 0.588. The summed E-state index contributed by atoms with van der Waals surface area (Å²) in [6.07, 6.45) is 5.17. The van der Waals surface area contributed by atoms with Crippen molar-refractivity contribution >= 4 is 11.9 Å². The predicted octanol–water partition coefficient (Wildman–Crippen LogP) is 1.57. The summed E-state index contributed by atoms with van der Waals surface area (Å²) < 4.78 is 11.2. The van der Waals surface area contributed by atoms with Crippen LogP contribution in [0.15, 0.2) is 18.3 Å². The van der Waals surface area contributed by atoms with Crippen LogP contribution >= 0.6 is 0 Å². The zero-order valence-electron chi connectivity index (χ0n) is 13.5. The molecule has 7 nitrogen and oxygen atoms in total. The monoisotopic (exact) mass is 331 g/mol. The molecule has 1 aromatic heterocycles. The number of amides is 3. The number of nitrogens with zero attached hydrogens (tertiary/aromatic N) is 3. The van der Waals surface area contributed by atoms with Gasteiger partial charge in [-0.2, -0.15) is 0 Å². The number of carbonyl (C=O) groups excluding carboxylic acids is 2. The highest BCUT2D eigenvalue weighted by molar-refractivity contribution is 6.04. The summed E-state index contributed by atoms with van der Waals surface area (Å²) in [5, 5.41) is 0. The lowest BCUT2D eigenvalue weighted by Crippen LogP contribution is -2.32. The first-order valence-corrected chi connectivity index (χ1v) is 8.54. The third-order valence-corrected chi connectivity index (χ3v) is 4.88. The van der Waals surface area contributed by atoms with Crippen molar-refractivity contribution in [1.29, 1.82) is 0 Å². The molecular weight excluding hydrogens is 310 g/mol. The SMILES string of the molecule is O=C1C2CCCN2C(=O)N1Cc1ccnc(OC2CCOCC2)c1. The summed E-state index contributed by atoms with van der Waals surface area (Å²) in [6, 6.07) is 3.21. The lowest BCUT2D eigenvalue weighted by atomic mass is 10.1. The maximum absolute atomic E-state index is 12.4. The molecule has 3 fully saturated rings. The van der Waals surface area contributed by atoms with Crippen LogP contribution in [0.25, 0.3) is 0 Å². The third kappa shape index (κ3) is 2.84. The van der Waals surface area contributed by atoms with Gasteiger partial charge in [-0.25, -0.2) is 9.78 Å². The second kappa shape index (κ2) is 6.39. The van der Waals surface area contributed by atoms with Crippen LogP contribution in [0.3, 0.4) is 0 Å². The van der Waals surface area contributed by atoms with Gasteiger partial charge in [-0.15, -0.1) is 0 Å². The number of pyridine rings is 1. The van der Waals surface area contributed by atoms with E-state index in [4.69, 9.17) is 9.47 Å². The Labute approximate surface area is 140 Å². The standard InChI is InChI=1S/C17H21N3O4/c21-16-14-2-1-7-19(14)17(22)20(16)11-12-3-6-18-15(10-12)24-13-4-8-23-9-5-13/h3,6,10,13-14H,1-2,4-5,7-9,11H2. The van der Waals surface area contributed by atoms with Gasteiger partial charge >= 0.3 is 6.03 Å². The highest BCUT2D eigenvalue weighted by atomic mass is 16.5. The molecule has 3 aliphatic heterocycles. The topological polar surface area (TPSA) is 72.0 Å². The minimum absolute atomic E-state index is 0.0822. The zero-order chi connectivity index (χ0) is 16.5. The highest BCUT2D eigenvalue weighted by Crippen LogP contribution is 2.28. The molecule has 4 rings (SSSR count). The molecule has 24 heavy (non-hydrogen) atoms. The van der Waals surface area contributed by atoms with Crippen molar-refractivity contribution in [3.05, 3.63) is 23.9 Å². The number of imide groups is 1. The minimum Gasteiger partial charge on any atom is -0.474 e. The Morgan fingerprint density at radius 2 is 2.08 bits per heavy atom. The molecule has 0 spiro atoms. The summed E-state index contributed by atoms with van der Waals surface area (Å²) in [4.78, 5) is 32.0. The zero-order valence-corrected chi connectivity index (χ0v) is 13.5. The van der Waals surface area contributed by atoms with E-state index in [2.05, 4.69) is 4.98 Å². The Bertz CT molecular complexity index is 622. The number of urea groups is 1. The van der Waals surface area contributed by atoms with E-state index in [1.807, 2.05) is 12.1 Å². The fourth-order valence-corrected chi connectivity index (χ4v) is 3.59. The molecule has 128 valence electrons. The van der Waals surface area contributed by atoms with Gasteiger partial charge in [0.1, 0.15) is 12.1 Å². The number of fused-ring (bicyclic) bond motifs is 1. The molecule has 1 aromatic rings. The van der Waals surface area contributed by atoms with E-state index in [1.54, 1.807) is 11.1 Å². The first-order valence-electron chi connectivity index (χ1n) is 8.54. The average Bonchev–Trinajstić information content (AvgIpc) is 3.16. The van der Waals surface area contributed by atoms with Crippen molar-refractivity contribution in [3.63, 3.8) is 0 Å². The van der Waals surface area contributed by atoms with Gasteiger partial charge in [-0.1, -0.05) is 0 Å². The van der Waals surface area contributed by atoms with E-state index in [-0.39, 0.29) is 30.6 Å². The third-order valence-electron chi connectivity index (χ3n) is 4.88. The normalized spacial score (nSPS) is 24.6. The first-order chi connectivity index (χ1) is 11.7. The average molecular weight is 331 g/mol. The maximum Gasteiger partial charge on any atom is 0.327 e. The Morgan fingerprint density at radius 3 is 2.88 bits per heavy atom. The van der Waals surface area contributed by atoms with Crippen molar-refractivity contribution in [1.82, 2.24) is 14.8 Å². The van der Waals surface area contributed by atoms with Gasteiger partial charge in [0.05, 0.1) is 19.8 Å². The number of hydrogen-bond acceptors (Lipinski definition) is 5. The Morgan fingerprint density at radius 1 is 1.25 bits per heavy atom. The lowest BCUT2D eigenvalue weighted by molar-refractivity contribution is -0.128. The lowest BCUT2D eigenvalue weighted by Gasteiger charge is -2.23. The summed E-state index contributed by atoms with van der Waals surface area (Å²) in [5.41, 5.74) is 0.856. The summed E-state index contributed by atoms with van der Waals surface area (Å²) in [5.74, 6) is 0.459. The second-order valence-electron chi connectivity index (χ2n) is 6.49. The van der Waals surface area contributed by atoms with E-state index in [9.17, 15) is 9.59 Å². The van der Waals surface area contributed by atoms with E-state index >= 15 is 0 Å². The predicted molar refractivity (Wildman–Crippen MR) is 84.4 cm³/mol. The van der Waals surface area contributed by atoms with Crippen LogP contribution in [0, 0.1) is 0 Å². The van der Waals surface area contributed by atoms with Crippen LogP contribution in [0.4, 0.5) is 4.79 Å². The number of ether oxygens (including phenoxy) is 2.